The molecule has 0 unspecified atom stereocenters. The molecule has 2 N–H and O–H groups in total. The molecular weight excluding hydrogens is 292 g/mol. The van der Waals surface area contributed by atoms with Crippen molar-refractivity contribution in [3.63, 3.8) is 0 Å². The van der Waals surface area contributed by atoms with Crippen molar-refractivity contribution >= 4 is 23.5 Å². The normalized spacial score (nSPS) is 10.8. The smallest absolute Gasteiger partial charge is 0.187 e. The van der Waals surface area contributed by atoms with E-state index in [2.05, 4.69) is 0 Å². The molecule has 0 amide bonds. The minimum absolute atomic E-state index is 0.0407. The molecule has 108 valence electrons. The number of ether oxygens (including phenoxy) is 1. The van der Waals surface area contributed by atoms with Crippen LogP contribution >= 0.6 is 11.6 Å². The molecule has 0 heterocycles. The fourth-order valence-corrected chi connectivity index (χ4v) is 1.95. The molecule has 5 heteroatoms. The number of phenols is 2. The lowest BCUT2D eigenvalue weighted by molar-refractivity contribution is 0.104. The standard InChI is InChI=1S/C16H13ClO4/c1-21-12-5-2-10(3-6-12)4-7-14(19)13-8-11(18)9-15(20)16(13)17/h2-9,18,20H,1H3/b7-4+. The van der Waals surface area contributed by atoms with Gasteiger partial charge in [0.15, 0.2) is 5.78 Å². The second kappa shape index (κ2) is 6.33. The third-order valence-corrected chi connectivity index (χ3v) is 3.24. The Labute approximate surface area is 126 Å². The van der Waals surface area contributed by atoms with Crippen LogP contribution < -0.4 is 4.74 Å². The maximum Gasteiger partial charge on any atom is 0.187 e. The van der Waals surface area contributed by atoms with Crippen molar-refractivity contribution in [2.75, 3.05) is 7.11 Å². The first-order valence-corrected chi connectivity index (χ1v) is 6.47. The van der Waals surface area contributed by atoms with Crippen LogP contribution in [0.5, 0.6) is 17.2 Å². The van der Waals surface area contributed by atoms with Crippen molar-refractivity contribution in [1.29, 1.82) is 0 Å². The summed E-state index contributed by atoms with van der Waals surface area (Å²) in [6, 6.07) is 9.43. The number of benzene rings is 2. The summed E-state index contributed by atoms with van der Waals surface area (Å²) in [7, 11) is 1.57. The molecule has 2 rings (SSSR count). The highest BCUT2D eigenvalue weighted by atomic mass is 35.5. The van der Waals surface area contributed by atoms with E-state index in [-0.39, 0.29) is 22.1 Å². The van der Waals surface area contributed by atoms with E-state index in [0.29, 0.717) is 0 Å². The summed E-state index contributed by atoms with van der Waals surface area (Å²) in [6.07, 6.45) is 2.93. The summed E-state index contributed by atoms with van der Waals surface area (Å²) < 4.78 is 5.04. The number of aromatic hydroxyl groups is 2. The minimum Gasteiger partial charge on any atom is -0.508 e. The van der Waals surface area contributed by atoms with Crippen molar-refractivity contribution in [2.45, 2.75) is 0 Å². The monoisotopic (exact) mass is 304 g/mol. The number of hydrogen-bond donors (Lipinski definition) is 2. The summed E-state index contributed by atoms with van der Waals surface area (Å²) in [5.74, 6) is -0.252. The summed E-state index contributed by atoms with van der Waals surface area (Å²) in [4.78, 5) is 12.0. The van der Waals surface area contributed by atoms with Gasteiger partial charge in [0.2, 0.25) is 0 Å². The zero-order chi connectivity index (χ0) is 15.4. The van der Waals surface area contributed by atoms with Crippen LogP contribution in [-0.2, 0) is 0 Å². The average molecular weight is 305 g/mol. The van der Waals surface area contributed by atoms with Gasteiger partial charge in [0.25, 0.3) is 0 Å². The molecule has 0 radical (unpaired) electrons. The van der Waals surface area contributed by atoms with Gasteiger partial charge >= 0.3 is 0 Å². The maximum atomic E-state index is 12.0. The Morgan fingerprint density at radius 3 is 2.48 bits per heavy atom. The van der Waals surface area contributed by atoms with Crippen LogP contribution in [0.15, 0.2) is 42.5 Å². The Kier molecular flexibility index (Phi) is 4.50. The van der Waals surface area contributed by atoms with E-state index in [1.165, 1.54) is 12.1 Å². The summed E-state index contributed by atoms with van der Waals surface area (Å²) >= 11 is 5.85. The lowest BCUT2D eigenvalue weighted by Gasteiger charge is -2.04. The van der Waals surface area contributed by atoms with E-state index in [0.717, 1.165) is 17.4 Å². The molecule has 21 heavy (non-hydrogen) atoms. The first-order valence-electron chi connectivity index (χ1n) is 6.09. The number of methoxy groups -OCH3 is 1. The van der Waals surface area contributed by atoms with E-state index < -0.39 is 5.78 Å². The molecule has 0 aliphatic rings. The highest BCUT2D eigenvalue weighted by molar-refractivity contribution is 6.36. The van der Waals surface area contributed by atoms with Crippen LogP contribution in [0, 0.1) is 0 Å². The highest BCUT2D eigenvalue weighted by Gasteiger charge is 2.13. The van der Waals surface area contributed by atoms with Crippen LogP contribution in [0.1, 0.15) is 15.9 Å². The Morgan fingerprint density at radius 1 is 1.19 bits per heavy atom. The second-order valence-corrected chi connectivity index (χ2v) is 4.68. The van der Waals surface area contributed by atoms with Crippen LogP contribution in [0.4, 0.5) is 0 Å². The molecule has 4 nitrogen and oxygen atoms in total. The Bertz CT molecular complexity index is 690. The first-order chi connectivity index (χ1) is 10.0. The molecule has 0 saturated heterocycles. The van der Waals surface area contributed by atoms with Crippen molar-refractivity contribution in [3.05, 3.63) is 58.6 Å². The van der Waals surface area contributed by atoms with Gasteiger partial charge in [-0.1, -0.05) is 29.8 Å². The molecule has 0 bridgehead atoms. The summed E-state index contributed by atoms with van der Waals surface area (Å²) in [5.41, 5.74) is 0.851. The molecule has 0 atom stereocenters. The SMILES string of the molecule is COc1ccc(/C=C/C(=O)c2cc(O)cc(O)c2Cl)cc1. The van der Waals surface area contributed by atoms with E-state index in [1.807, 2.05) is 0 Å². The molecule has 0 fully saturated rings. The fraction of sp³-hybridized carbons (Fsp3) is 0.0625. The van der Waals surface area contributed by atoms with Gasteiger partial charge in [-0.25, -0.2) is 0 Å². The van der Waals surface area contributed by atoms with E-state index in [9.17, 15) is 15.0 Å². The number of allylic oxidation sites excluding steroid dienone is 1. The number of carbonyl (C=O) groups is 1. The predicted octanol–water partition coefficient (Wildman–Crippen LogP) is 3.66. The van der Waals surface area contributed by atoms with Crippen LogP contribution in [0.25, 0.3) is 6.08 Å². The average Bonchev–Trinajstić information content (AvgIpc) is 2.49. The van der Waals surface area contributed by atoms with Gasteiger partial charge in [-0.05, 0) is 29.8 Å². The van der Waals surface area contributed by atoms with Gasteiger partial charge in [-0.2, -0.15) is 0 Å². The van der Waals surface area contributed by atoms with Crippen molar-refractivity contribution < 1.29 is 19.7 Å². The van der Waals surface area contributed by atoms with Crippen molar-refractivity contribution in [1.82, 2.24) is 0 Å². The van der Waals surface area contributed by atoms with E-state index in [4.69, 9.17) is 16.3 Å². The quantitative estimate of drug-likeness (QED) is 0.668. The number of phenolic OH excluding ortho intramolecular Hbond substituents is 2. The van der Waals surface area contributed by atoms with Crippen LogP contribution in [0.2, 0.25) is 5.02 Å². The lowest BCUT2D eigenvalue weighted by atomic mass is 10.1. The van der Waals surface area contributed by atoms with Crippen molar-refractivity contribution in [3.8, 4) is 17.2 Å². The molecule has 0 aromatic heterocycles. The Balaban J connectivity index is 2.22. The topological polar surface area (TPSA) is 66.8 Å². The lowest BCUT2D eigenvalue weighted by Crippen LogP contribution is -1.95. The number of rotatable bonds is 4. The molecule has 0 aliphatic carbocycles. The van der Waals surface area contributed by atoms with Crippen LogP contribution in [0.3, 0.4) is 0 Å². The molecule has 0 spiro atoms. The highest BCUT2D eigenvalue weighted by Crippen LogP contribution is 2.32. The van der Waals surface area contributed by atoms with Crippen molar-refractivity contribution in [2.24, 2.45) is 0 Å². The second-order valence-electron chi connectivity index (χ2n) is 4.30. The fourth-order valence-electron chi connectivity index (χ4n) is 1.75. The molecule has 0 saturated carbocycles. The number of ketones is 1. The Morgan fingerprint density at radius 2 is 1.86 bits per heavy atom. The molecule has 0 aliphatic heterocycles. The molecule has 2 aromatic carbocycles. The van der Waals surface area contributed by atoms with Gasteiger partial charge in [0.1, 0.15) is 17.2 Å². The molecule has 2 aromatic rings. The number of hydrogen-bond acceptors (Lipinski definition) is 4. The van der Waals surface area contributed by atoms with Gasteiger partial charge in [-0.3, -0.25) is 4.79 Å². The number of carbonyl (C=O) groups excluding carboxylic acids is 1. The maximum absolute atomic E-state index is 12.0. The largest absolute Gasteiger partial charge is 0.508 e. The summed E-state index contributed by atoms with van der Waals surface area (Å²) in [5, 5.41) is 18.8. The van der Waals surface area contributed by atoms with E-state index >= 15 is 0 Å². The molecular formula is C16H13ClO4. The predicted molar refractivity (Wildman–Crippen MR) is 81.1 cm³/mol. The zero-order valence-electron chi connectivity index (χ0n) is 11.2. The van der Waals surface area contributed by atoms with E-state index in [1.54, 1.807) is 37.5 Å². The third-order valence-electron chi connectivity index (χ3n) is 2.85. The summed E-state index contributed by atoms with van der Waals surface area (Å²) in [6.45, 7) is 0. The zero-order valence-corrected chi connectivity index (χ0v) is 12.0. The Hall–Kier alpha value is -2.46. The van der Waals surface area contributed by atoms with Gasteiger partial charge < -0.3 is 14.9 Å². The van der Waals surface area contributed by atoms with Gasteiger partial charge in [-0.15, -0.1) is 0 Å². The third kappa shape index (κ3) is 3.55. The van der Waals surface area contributed by atoms with Gasteiger partial charge in [0.05, 0.1) is 12.1 Å². The number of halogens is 1. The van der Waals surface area contributed by atoms with Crippen LogP contribution in [-0.4, -0.2) is 23.1 Å². The first kappa shape index (κ1) is 14.9. The minimum atomic E-state index is -0.415. The van der Waals surface area contributed by atoms with Gasteiger partial charge in [0, 0.05) is 11.6 Å².